The molecule has 2 aliphatic heterocycles. The summed E-state index contributed by atoms with van der Waals surface area (Å²) in [5.41, 5.74) is 4.10. The van der Waals surface area contributed by atoms with Crippen molar-refractivity contribution in [1.82, 2.24) is 5.32 Å². The molecule has 2 aromatic carbocycles. The molecule has 1 N–H and O–H groups in total. The lowest BCUT2D eigenvalue weighted by Gasteiger charge is -2.54. The highest BCUT2D eigenvalue weighted by atomic mass is 16.6. The Morgan fingerprint density at radius 3 is 2.80 bits per heavy atom. The molecule has 4 nitrogen and oxygen atoms in total. The Morgan fingerprint density at radius 2 is 1.94 bits per heavy atom. The first kappa shape index (κ1) is 21.7. The Morgan fingerprint density at radius 1 is 1.09 bits per heavy atom. The van der Waals surface area contributed by atoms with Gasteiger partial charge < -0.3 is 14.8 Å². The molecule has 2 aromatic rings. The highest BCUT2D eigenvalue weighted by Crippen LogP contribution is 2.69. The molecule has 6 atom stereocenters. The first-order chi connectivity index (χ1) is 17.0. The van der Waals surface area contributed by atoms with Crippen LogP contribution in [-0.4, -0.2) is 30.4 Å². The van der Waals surface area contributed by atoms with Crippen molar-refractivity contribution in [3.05, 3.63) is 71.3 Å². The van der Waals surface area contributed by atoms with Gasteiger partial charge >= 0.3 is 6.09 Å². The number of fused-ring (bicyclic) bond motifs is 2. The van der Waals surface area contributed by atoms with Gasteiger partial charge in [-0.25, -0.2) is 4.79 Å². The first-order valence-electron chi connectivity index (χ1n) is 13.4. The van der Waals surface area contributed by atoms with Crippen molar-refractivity contribution >= 4 is 16.9 Å². The molecule has 2 saturated carbocycles. The SMILES string of the molecule is CNC(=O)O[C@@H]1CCC2=CC3=CC[C@]4(C)[C@@H](c5ccc6ccccc6c5)CC[C@H]4C34CC[C@]2(C1)O4. The van der Waals surface area contributed by atoms with Gasteiger partial charge in [-0.3, -0.25) is 0 Å². The summed E-state index contributed by atoms with van der Waals surface area (Å²) in [4.78, 5) is 11.9. The predicted octanol–water partition coefficient (Wildman–Crippen LogP) is 6.81. The standard InChI is InChI=1S/C31H35NO3/c1-29-14-13-24-18-23-9-10-25(34-28(33)32-2)19-30(23)15-16-31(24,35-30)27(29)12-11-26(29)22-8-7-20-5-3-4-6-21(20)17-22/h3-8,13,17-18,25-27H,9-12,14-16,19H2,1-2H3,(H,32,33)/t25-,26-,27-,29-,30-,31?/m1/s1. The molecular weight excluding hydrogens is 434 g/mol. The van der Waals surface area contributed by atoms with E-state index in [0.717, 1.165) is 38.5 Å². The summed E-state index contributed by atoms with van der Waals surface area (Å²) in [6.45, 7) is 2.53. The number of carbonyl (C=O) groups is 1. The second-order valence-corrected chi connectivity index (χ2v) is 11.8. The second kappa shape index (κ2) is 7.46. The summed E-state index contributed by atoms with van der Waals surface area (Å²) in [5.74, 6) is 1.06. The molecule has 3 fully saturated rings. The van der Waals surface area contributed by atoms with Crippen LogP contribution in [0.4, 0.5) is 4.79 Å². The van der Waals surface area contributed by atoms with Gasteiger partial charge in [0.2, 0.25) is 0 Å². The number of hydrogen-bond acceptors (Lipinski definition) is 3. The van der Waals surface area contributed by atoms with Crippen LogP contribution in [0.5, 0.6) is 0 Å². The Labute approximate surface area is 207 Å². The largest absolute Gasteiger partial charge is 0.446 e. The average molecular weight is 470 g/mol. The van der Waals surface area contributed by atoms with Gasteiger partial charge in [-0.2, -0.15) is 0 Å². The molecule has 1 saturated heterocycles. The maximum absolute atomic E-state index is 11.9. The minimum absolute atomic E-state index is 0.0725. The smallest absolute Gasteiger partial charge is 0.407 e. The number of rotatable bonds is 2. The Kier molecular flexibility index (Phi) is 4.62. The number of hydrogen-bond donors (Lipinski definition) is 1. The summed E-state index contributed by atoms with van der Waals surface area (Å²) in [7, 11) is 1.63. The fourth-order valence-corrected chi connectivity index (χ4v) is 8.65. The van der Waals surface area contributed by atoms with E-state index in [0.29, 0.717) is 11.8 Å². The summed E-state index contributed by atoms with van der Waals surface area (Å²) in [6.07, 6.45) is 12.9. The van der Waals surface area contributed by atoms with Crippen molar-refractivity contribution in [1.29, 1.82) is 0 Å². The molecule has 0 aromatic heterocycles. The lowest BCUT2D eigenvalue weighted by Crippen LogP contribution is -2.54. The lowest BCUT2D eigenvalue weighted by molar-refractivity contribution is -0.144. The average Bonchev–Trinajstić information content (AvgIpc) is 3.38. The Balaban J connectivity index is 1.23. The van der Waals surface area contributed by atoms with Gasteiger partial charge in [0.05, 0.1) is 11.2 Å². The van der Waals surface area contributed by atoms with Crippen LogP contribution in [0.25, 0.3) is 10.8 Å². The normalized spacial score (nSPS) is 39.2. The molecule has 3 aliphatic carbocycles. The number of nitrogens with one attached hydrogen (secondary N) is 1. The number of benzene rings is 2. The van der Waals surface area contributed by atoms with Crippen molar-refractivity contribution in [2.75, 3.05) is 7.05 Å². The highest BCUT2D eigenvalue weighted by Gasteiger charge is 2.66. The van der Waals surface area contributed by atoms with Crippen LogP contribution in [0, 0.1) is 11.3 Å². The molecule has 4 heteroatoms. The van der Waals surface area contributed by atoms with Gasteiger partial charge in [0.15, 0.2) is 0 Å². The summed E-state index contributed by atoms with van der Waals surface area (Å²) in [6, 6.07) is 15.8. The molecule has 2 heterocycles. The Hall–Kier alpha value is -2.59. The zero-order valence-corrected chi connectivity index (χ0v) is 20.8. The fourth-order valence-electron chi connectivity index (χ4n) is 8.65. The van der Waals surface area contributed by atoms with E-state index in [4.69, 9.17) is 9.47 Å². The quantitative estimate of drug-likeness (QED) is 0.526. The van der Waals surface area contributed by atoms with E-state index < -0.39 is 0 Å². The monoisotopic (exact) mass is 469 g/mol. The van der Waals surface area contributed by atoms with Gasteiger partial charge in [0.1, 0.15) is 6.10 Å². The molecule has 35 heavy (non-hydrogen) atoms. The van der Waals surface area contributed by atoms with E-state index in [2.05, 4.69) is 66.9 Å². The van der Waals surface area contributed by atoms with Crippen molar-refractivity contribution in [3.8, 4) is 0 Å². The molecule has 2 bridgehead atoms. The van der Waals surface area contributed by atoms with Crippen molar-refractivity contribution in [3.63, 3.8) is 0 Å². The van der Waals surface area contributed by atoms with Crippen molar-refractivity contribution in [2.45, 2.75) is 81.5 Å². The molecule has 0 radical (unpaired) electrons. The molecule has 7 rings (SSSR count). The molecule has 2 spiro atoms. The van der Waals surface area contributed by atoms with Crippen molar-refractivity contribution < 1.29 is 14.3 Å². The Bertz CT molecular complexity index is 1280. The van der Waals surface area contributed by atoms with E-state index in [-0.39, 0.29) is 28.8 Å². The van der Waals surface area contributed by atoms with Gasteiger partial charge in [-0.1, -0.05) is 61.5 Å². The van der Waals surface area contributed by atoms with E-state index >= 15 is 0 Å². The minimum atomic E-state index is -0.331. The molecule has 1 amide bonds. The third-order valence-corrected chi connectivity index (χ3v) is 10.3. The summed E-state index contributed by atoms with van der Waals surface area (Å²) < 4.78 is 13.0. The first-order valence-corrected chi connectivity index (χ1v) is 13.4. The van der Waals surface area contributed by atoms with Crippen LogP contribution in [-0.2, 0) is 9.47 Å². The zero-order valence-electron chi connectivity index (χ0n) is 20.8. The molecule has 182 valence electrons. The van der Waals surface area contributed by atoms with Crippen LogP contribution in [0.3, 0.4) is 0 Å². The van der Waals surface area contributed by atoms with Crippen molar-refractivity contribution in [2.24, 2.45) is 11.3 Å². The van der Waals surface area contributed by atoms with Gasteiger partial charge in [-0.05, 0) is 89.7 Å². The maximum atomic E-state index is 11.9. The third kappa shape index (κ3) is 2.98. The highest BCUT2D eigenvalue weighted by molar-refractivity contribution is 5.83. The lowest BCUT2D eigenvalue weighted by atomic mass is 9.58. The topological polar surface area (TPSA) is 47.6 Å². The summed E-state index contributed by atoms with van der Waals surface area (Å²) >= 11 is 0. The molecule has 5 aliphatic rings. The number of ether oxygens (including phenoxy) is 2. The van der Waals surface area contributed by atoms with E-state index in [1.54, 1.807) is 7.05 Å². The van der Waals surface area contributed by atoms with Gasteiger partial charge in [0.25, 0.3) is 0 Å². The minimum Gasteiger partial charge on any atom is -0.446 e. The number of allylic oxidation sites excluding steroid dienone is 1. The number of amides is 1. The van der Waals surface area contributed by atoms with Crippen LogP contribution in [0.2, 0.25) is 0 Å². The van der Waals surface area contributed by atoms with Crippen LogP contribution < -0.4 is 5.32 Å². The van der Waals surface area contributed by atoms with Crippen LogP contribution in [0.1, 0.15) is 69.8 Å². The predicted molar refractivity (Wildman–Crippen MR) is 137 cm³/mol. The van der Waals surface area contributed by atoms with Crippen LogP contribution >= 0.6 is 0 Å². The number of alkyl carbamates (subject to hydrolysis) is 1. The van der Waals surface area contributed by atoms with Gasteiger partial charge in [0, 0.05) is 13.5 Å². The summed E-state index contributed by atoms with van der Waals surface area (Å²) in [5, 5.41) is 5.27. The second-order valence-electron chi connectivity index (χ2n) is 11.8. The van der Waals surface area contributed by atoms with E-state index in [9.17, 15) is 4.79 Å². The zero-order chi connectivity index (χ0) is 23.8. The van der Waals surface area contributed by atoms with E-state index in [1.807, 2.05) is 0 Å². The van der Waals surface area contributed by atoms with E-state index in [1.165, 1.54) is 40.3 Å². The maximum Gasteiger partial charge on any atom is 0.407 e. The van der Waals surface area contributed by atoms with Gasteiger partial charge in [-0.15, -0.1) is 0 Å². The molecule has 1 unspecified atom stereocenters. The van der Waals surface area contributed by atoms with Crippen LogP contribution in [0.15, 0.2) is 65.8 Å². The fraction of sp³-hybridized carbons (Fsp3) is 0.516. The third-order valence-electron chi connectivity index (χ3n) is 10.3. The number of carbonyl (C=O) groups excluding carboxylic acids is 1. The molecular formula is C31H35NO3.